The van der Waals surface area contributed by atoms with Gasteiger partial charge in [-0.15, -0.1) is 24.0 Å². The van der Waals surface area contributed by atoms with Crippen LogP contribution in [0.1, 0.15) is 38.2 Å². The zero-order valence-electron chi connectivity index (χ0n) is 15.3. The van der Waals surface area contributed by atoms with Gasteiger partial charge in [-0.1, -0.05) is 37.3 Å². The number of benzene rings is 1. The molecule has 1 aliphatic rings. The van der Waals surface area contributed by atoms with Crippen LogP contribution >= 0.6 is 24.0 Å². The topological polar surface area (TPSA) is 65.9 Å². The molecular weight excluding hydrogens is 429 g/mol. The van der Waals surface area contributed by atoms with Gasteiger partial charge in [-0.25, -0.2) is 0 Å². The second-order valence-electron chi connectivity index (χ2n) is 6.55. The molecule has 0 heterocycles. The minimum absolute atomic E-state index is 0. The summed E-state index contributed by atoms with van der Waals surface area (Å²) < 4.78 is 5.51. The van der Waals surface area contributed by atoms with E-state index in [2.05, 4.69) is 46.8 Å². The molecule has 0 spiro atoms. The SMILES string of the molecule is CCNC(=NCC(O)COCC1CC1)NCC(C)c1ccccc1.I. The number of aliphatic hydroxyl groups excluding tert-OH is 1. The molecule has 2 atom stereocenters. The molecule has 1 fully saturated rings. The van der Waals surface area contributed by atoms with Gasteiger partial charge in [0.25, 0.3) is 0 Å². The number of halogens is 1. The Morgan fingerprint density at radius 2 is 2.00 bits per heavy atom. The molecule has 2 rings (SSSR count). The number of aliphatic imine (C=N–C) groups is 1. The lowest BCUT2D eigenvalue weighted by molar-refractivity contribution is 0.0368. The first kappa shape index (κ1) is 22.2. The molecule has 142 valence electrons. The monoisotopic (exact) mass is 461 g/mol. The number of guanidine groups is 1. The van der Waals surface area contributed by atoms with Crippen molar-refractivity contribution in [3.8, 4) is 0 Å². The summed E-state index contributed by atoms with van der Waals surface area (Å²) in [4.78, 5) is 4.46. The largest absolute Gasteiger partial charge is 0.389 e. The number of rotatable bonds is 10. The number of ether oxygens (including phenoxy) is 1. The third-order valence-electron chi connectivity index (χ3n) is 4.11. The van der Waals surface area contributed by atoms with Crippen molar-refractivity contribution < 1.29 is 9.84 Å². The van der Waals surface area contributed by atoms with Crippen molar-refractivity contribution >= 4 is 29.9 Å². The Kier molecular flexibility index (Phi) is 11.1. The summed E-state index contributed by atoms with van der Waals surface area (Å²) in [5.41, 5.74) is 1.30. The number of aliphatic hydroxyl groups is 1. The molecule has 1 saturated carbocycles. The molecule has 2 unspecified atom stereocenters. The van der Waals surface area contributed by atoms with Crippen LogP contribution < -0.4 is 10.6 Å². The summed E-state index contributed by atoms with van der Waals surface area (Å²) in [5, 5.41) is 16.5. The van der Waals surface area contributed by atoms with Crippen LogP contribution in [0.15, 0.2) is 35.3 Å². The van der Waals surface area contributed by atoms with Gasteiger partial charge in [-0.3, -0.25) is 4.99 Å². The molecule has 0 aliphatic heterocycles. The van der Waals surface area contributed by atoms with E-state index in [1.165, 1.54) is 18.4 Å². The van der Waals surface area contributed by atoms with Gasteiger partial charge in [0.2, 0.25) is 0 Å². The maximum atomic E-state index is 9.97. The lowest BCUT2D eigenvalue weighted by Crippen LogP contribution is -2.39. The van der Waals surface area contributed by atoms with Gasteiger partial charge in [0.15, 0.2) is 5.96 Å². The van der Waals surface area contributed by atoms with E-state index in [4.69, 9.17) is 4.74 Å². The highest BCUT2D eigenvalue weighted by Crippen LogP contribution is 2.28. The fraction of sp³-hybridized carbons (Fsp3) is 0.632. The number of nitrogens with zero attached hydrogens (tertiary/aromatic N) is 1. The van der Waals surface area contributed by atoms with Crippen LogP contribution in [-0.4, -0.2) is 50.0 Å². The van der Waals surface area contributed by atoms with E-state index in [0.29, 0.717) is 19.1 Å². The predicted octanol–water partition coefficient (Wildman–Crippen LogP) is 2.75. The summed E-state index contributed by atoms with van der Waals surface area (Å²) in [6.45, 7) is 7.29. The summed E-state index contributed by atoms with van der Waals surface area (Å²) in [7, 11) is 0. The average Bonchev–Trinajstić information content (AvgIpc) is 3.42. The normalized spacial score (nSPS) is 16.7. The zero-order chi connectivity index (χ0) is 17.2. The molecule has 0 aromatic heterocycles. The highest BCUT2D eigenvalue weighted by molar-refractivity contribution is 14.0. The Balaban J connectivity index is 0.00000312. The minimum Gasteiger partial charge on any atom is -0.389 e. The first-order valence-electron chi connectivity index (χ1n) is 9.02. The molecular formula is C19H32IN3O2. The lowest BCUT2D eigenvalue weighted by Gasteiger charge is -2.17. The summed E-state index contributed by atoms with van der Waals surface area (Å²) >= 11 is 0. The van der Waals surface area contributed by atoms with Crippen molar-refractivity contribution in [1.82, 2.24) is 10.6 Å². The third kappa shape index (κ3) is 9.42. The van der Waals surface area contributed by atoms with Gasteiger partial charge in [0.05, 0.1) is 19.3 Å². The number of hydrogen-bond acceptors (Lipinski definition) is 3. The smallest absolute Gasteiger partial charge is 0.191 e. The van der Waals surface area contributed by atoms with E-state index in [1.807, 2.05) is 13.0 Å². The quantitative estimate of drug-likeness (QED) is 0.285. The molecule has 5 nitrogen and oxygen atoms in total. The molecule has 0 amide bonds. The van der Waals surface area contributed by atoms with Crippen LogP contribution in [0.5, 0.6) is 0 Å². The fourth-order valence-electron chi connectivity index (χ4n) is 2.40. The maximum absolute atomic E-state index is 9.97. The molecule has 0 saturated heterocycles. The van der Waals surface area contributed by atoms with E-state index >= 15 is 0 Å². The standard InChI is InChI=1S/C19H31N3O2.HI/c1-3-20-19(21-11-15(2)17-7-5-4-6-8-17)22-12-18(23)14-24-13-16-9-10-16;/h4-8,15-16,18,23H,3,9-14H2,1-2H3,(H2,20,21,22);1H. The van der Waals surface area contributed by atoms with Gasteiger partial charge < -0.3 is 20.5 Å². The Bertz CT molecular complexity index is 495. The second kappa shape index (κ2) is 12.5. The Hall–Kier alpha value is -0.860. The molecule has 1 aromatic carbocycles. The van der Waals surface area contributed by atoms with Crippen molar-refractivity contribution in [1.29, 1.82) is 0 Å². The Labute approximate surface area is 168 Å². The first-order chi connectivity index (χ1) is 11.7. The summed E-state index contributed by atoms with van der Waals surface area (Å²) in [6.07, 6.45) is 1.98. The van der Waals surface area contributed by atoms with Crippen molar-refractivity contribution in [3.63, 3.8) is 0 Å². The van der Waals surface area contributed by atoms with Gasteiger partial charge in [0, 0.05) is 19.7 Å². The van der Waals surface area contributed by atoms with Crippen LogP contribution in [0.25, 0.3) is 0 Å². The number of nitrogens with one attached hydrogen (secondary N) is 2. The minimum atomic E-state index is -0.550. The highest BCUT2D eigenvalue weighted by Gasteiger charge is 2.21. The molecule has 3 N–H and O–H groups in total. The van der Waals surface area contributed by atoms with E-state index in [1.54, 1.807) is 0 Å². The van der Waals surface area contributed by atoms with Crippen LogP contribution in [0, 0.1) is 5.92 Å². The first-order valence-corrected chi connectivity index (χ1v) is 9.02. The van der Waals surface area contributed by atoms with Gasteiger partial charge >= 0.3 is 0 Å². The van der Waals surface area contributed by atoms with E-state index in [0.717, 1.165) is 31.6 Å². The van der Waals surface area contributed by atoms with Crippen LogP contribution in [-0.2, 0) is 4.74 Å². The fourth-order valence-corrected chi connectivity index (χ4v) is 2.40. The lowest BCUT2D eigenvalue weighted by atomic mass is 10.0. The second-order valence-corrected chi connectivity index (χ2v) is 6.55. The molecule has 1 aromatic rings. The molecule has 1 aliphatic carbocycles. The third-order valence-corrected chi connectivity index (χ3v) is 4.11. The predicted molar refractivity (Wildman–Crippen MR) is 114 cm³/mol. The Morgan fingerprint density at radius 3 is 2.64 bits per heavy atom. The van der Waals surface area contributed by atoms with Gasteiger partial charge in [-0.05, 0) is 37.2 Å². The van der Waals surface area contributed by atoms with Crippen LogP contribution in [0.2, 0.25) is 0 Å². The van der Waals surface area contributed by atoms with E-state index in [-0.39, 0.29) is 24.0 Å². The van der Waals surface area contributed by atoms with Crippen molar-refractivity contribution in [2.75, 3.05) is 32.8 Å². The molecule has 0 bridgehead atoms. The zero-order valence-corrected chi connectivity index (χ0v) is 17.6. The summed E-state index contributed by atoms with van der Waals surface area (Å²) in [5.74, 6) is 1.85. The van der Waals surface area contributed by atoms with E-state index in [9.17, 15) is 5.11 Å². The molecule has 6 heteroatoms. The van der Waals surface area contributed by atoms with Crippen LogP contribution in [0.3, 0.4) is 0 Å². The maximum Gasteiger partial charge on any atom is 0.191 e. The highest BCUT2D eigenvalue weighted by atomic mass is 127. The average molecular weight is 461 g/mol. The van der Waals surface area contributed by atoms with Crippen LogP contribution in [0.4, 0.5) is 0 Å². The van der Waals surface area contributed by atoms with Crippen molar-refractivity contribution in [3.05, 3.63) is 35.9 Å². The number of hydrogen-bond donors (Lipinski definition) is 3. The summed E-state index contributed by atoms with van der Waals surface area (Å²) in [6, 6.07) is 10.4. The van der Waals surface area contributed by atoms with E-state index < -0.39 is 6.10 Å². The van der Waals surface area contributed by atoms with Crippen molar-refractivity contribution in [2.24, 2.45) is 10.9 Å². The molecule has 0 radical (unpaired) electrons. The van der Waals surface area contributed by atoms with Gasteiger partial charge in [0.1, 0.15) is 0 Å². The van der Waals surface area contributed by atoms with Crippen molar-refractivity contribution in [2.45, 2.75) is 38.7 Å². The molecule has 25 heavy (non-hydrogen) atoms. The Morgan fingerprint density at radius 1 is 1.28 bits per heavy atom. The van der Waals surface area contributed by atoms with Gasteiger partial charge in [-0.2, -0.15) is 0 Å².